The molecule has 206 valence electrons. The third-order valence-electron chi connectivity index (χ3n) is 7.57. The molecule has 0 radical (unpaired) electrons. The normalized spacial score (nSPS) is 17.2. The van der Waals surface area contributed by atoms with Crippen LogP contribution in [-0.4, -0.2) is 63.5 Å². The number of nitrogens with zero attached hydrogens (tertiary/aromatic N) is 4. The zero-order valence-electron chi connectivity index (χ0n) is 23.1. The summed E-state index contributed by atoms with van der Waals surface area (Å²) in [5.74, 6) is 1.19. The summed E-state index contributed by atoms with van der Waals surface area (Å²) in [6.45, 7) is 10.7. The number of aromatic nitrogens is 4. The first-order chi connectivity index (χ1) is 19.0. The zero-order chi connectivity index (χ0) is 27.2. The molecule has 0 amide bonds. The van der Waals surface area contributed by atoms with Crippen molar-refractivity contribution in [2.24, 2.45) is 5.41 Å². The molecule has 4 aromatic rings. The van der Waals surface area contributed by atoms with Crippen LogP contribution in [0.5, 0.6) is 0 Å². The van der Waals surface area contributed by atoms with Gasteiger partial charge in [0.05, 0.1) is 34.3 Å². The van der Waals surface area contributed by atoms with E-state index in [1.807, 2.05) is 17.6 Å². The van der Waals surface area contributed by atoms with Crippen LogP contribution in [0.4, 0.5) is 11.5 Å². The maximum atomic E-state index is 11.3. The van der Waals surface area contributed by atoms with Crippen LogP contribution in [0, 0.1) is 5.41 Å². The van der Waals surface area contributed by atoms with E-state index in [9.17, 15) is 4.79 Å². The molecule has 2 fully saturated rings. The number of morpholine rings is 1. The lowest BCUT2D eigenvalue weighted by Gasteiger charge is -2.29. The number of allylic oxidation sites excluding steroid dienone is 2. The van der Waals surface area contributed by atoms with Crippen molar-refractivity contribution in [3.8, 4) is 0 Å². The van der Waals surface area contributed by atoms with Crippen molar-refractivity contribution in [1.82, 2.24) is 24.8 Å². The SMILES string of the molecule is CC(=O)C1(CN2CCOCC2)CC1.CC/C=C(\CCC)c1cc2c(Nc3ccc4ncsc4c3)ncnc2[nH]1. The van der Waals surface area contributed by atoms with Crippen molar-refractivity contribution in [3.05, 3.63) is 47.9 Å². The number of benzene rings is 1. The lowest BCUT2D eigenvalue weighted by molar-refractivity contribution is -0.123. The van der Waals surface area contributed by atoms with Crippen LogP contribution < -0.4 is 5.32 Å². The number of carbonyl (C=O) groups excluding carboxylic acids is 1. The molecular weight excluding hydrogens is 508 g/mol. The topological polar surface area (TPSA) is 96.0 Å². The molecule has 2 aliphatic rings. The van der Waals surface area contributed by atoms with Crippen LogP contribution >= 0.6 is 11.3 Å². The Morgan fingerprint density at radius 3 is 2.72 bits per heavy atom. The number of Topliss-reactive ketones (excluding diaryl/α,β-unsaturated/α-hetero) is 1. The molecule has 1 aromatic carbocycles. The molecule has 0 spiro atoms. The van der Waals surface area contributed by atoms with Crippen molar-refractivity contribution in [1.29, 1.82) is 0 Å². The number of fused-ring (bicyclic) bond motifs is 2. The standard InChI is InChI=1S/C20H21N5S.C10H17NO2/c1-3-5-13(6-4-2)17-10-15-19(21-11-22-20(15)25-17)24-14-7-8-16-18(9-14)26-12-23-16;1-9(12)10(2-3-10)8-11-4-6-13-7-5-11/h5,7-12H,3-4,6H2,1-2H3,(H2,21,22,24,25);2-8H2,1H3/b13-5+;. The number of thiazole rings is 1. The summed E-state index contributed by atoms with van der Waals surface area (Å²) in [6.07, 6.45) is 9.27. The van der Waals surface area contributed by atoms with E-state index in [0.29, 0.717) is 5.78 Å². The second-order valence-electron chi connectivity index (χ2n) is 10.4. The highest BCUT2D eigenvalue weighted by molar-refractivity contribution is 7.16. The molecule has 3 aromatic heterocycles. The average Bonchev–Trinajstić information content (AvgIpc) is 3.37. The lowest BCUT2D eigenvalue weighted by Crippen LogP contribution is -2.41. The van der Waals surface area contributed by atoms with Crippen molar-refractivity contribution < 1.29 is 9.53 Å². The number of hydrogen-bond donors (Lipinski definition) is 2. The molecule has 8 nitrogen and oxygen atoms in total. The van der Waals surface area contributed by atoms with Crippen molar-refractivity contribution in [2.75, 3.05) is 38.2 Å². The Hall–Kier alpha value is -3.14. The van der Waals surface area contributed by atoms with E-state index in [0.717, 1.165) is 103 Å². The minimum absolute atomic E-state index is 0.0390. The number of nitrogens with one attached hydrogen (secondary N) is 2. The molecule has 39 heavy (non-hydrogen) atoms. The molecule has 6 rings (SSSR count). The van der Waals surface area contributed by atoms with E-state index < -0.39 is 0 Å². The number of H-pyrrole nitrogens is 1. The third-order valence-corrected chi connectivity index (χ3v) is 8.36. The summed E-state index contributed by atoms with van der Waals surface area (Å²) in [7, 11) is 0. The fourth-order valence-electron chi connectivity index (χ4n) is 5.10. The highest BCUT2D eigenvalue weighted by Gasteiger charge is 2.48. The Balaban J connectivity index is 0.000000198. The van der Waals surface area contributed by atoms with Gasteiger partial charge in [0.15, 0.2) is 0 Å². The van der Waals surface area contributed by atoms with E-state index in [-0.39, 0.29) is 5.41 Å². The third kappa shape index (κ3) is 6.54. The van der Waals surface area contributed by atoms with Crippen LogP contribution in [0.1, 0.15) is 58.6 Å². The second kappa shape index (κ2) is 12.4. The monoisotopic (exact) mass is 546 g/mol. The smallest absolute Gasteiger partial charge is 0.143 e. The largest absolute Gasteiger partial charge is 0.379 e. The van der Waals surface area contributed by atoms with Gasteiger partial charge in [0.1, 0.15) is 23.6 Å². The first-order valence-corrected chi connectivity index (χ1v) is 14.8. The number of carbonyl (C=O) groups is 1. The number of aromatic amines is 1. The fraction of sp³-hybridized carbons (Fsp3) is 0.467. The van der Waals surface area contributed by atoms with Crippen molar-refractivity contribution in [2.45, 2.75) is 52.9 Å². The van der Waals surface area contributed by atoms with Gasteiger partial charge in [-0.1, -0.05) is 26.3 Å². The molecule has 1 saturated heterocycles. The highest BCUT2D eigenvalue weighted by atomic mass is 32.1. The van der Waals surface area contributed by atoms with Gasteiger partial charge < -0.3 is 15.0 Å². The number of ketones is 1. The molecule has 0 bridgehead atoms. The van der Waals surface area contributed by atoms with Crippen molar-refractivity contribution in [3.63, 3.8) is 0 Å². The summed E-state index contributed by atoms with van der Waals surface area (Å²) < 4.78 is 6.43. The highest BCUT2D eigenvalue weighted by Crippen LogP contribution is 2.47. The minimum Gasteiger partial charge on any atom is -0.379 e. The number of anilines is 2. The zero-order valence-corrected chi connectivity index (χ0v) is 23.9. The summed E-state index contributed by atoms with van der Waals surface area (Å²) in [6, 6.07) is 8.32. The van der Waals surface area contributed by atoms with Crippen molar-refractivity contribution >= 4 is 55.4 Å². The van der Waals surface area contributed by atoms with E-state index in [1.165, 1.54) is 5.57 Å². The molecule has 0 unspecified atom stereocenters. The summed E-state index contributed by atoms with van der Waals surface area (Å²) in [5, 5.41) is 4.44. The Morgan fingerprint density at radius 1 is 1.18 bits per heavy atom. The van der Waals surface area contributed by atoms with Crippen LogP contribution in [0.15, 0.2) is 42.2 Å². The van der Waals surface area contributed by atoms with Gasteiger partial charge in [-0.2, -0.15) is 0 Å². The maximum Gasteiger partial charge on any atom is 0.143 e. The van der Waals surface area contributed by atoms with Crippen LogP contribution in [-0.2, 0) is 9.53 Å². The molecule has 9 heteroatoms. The van der Waals surface area contributed by atoms with Crippen LogP contribution in [0.2, 0.25) is 0 Å². The van der Waals surface area contributed by atoms with E-state index in [4.69, 9.17) is 4.74 Å². The molecule has 4 heterocycles. The summed E-state index contributed by atoms with van der Waals surface area (Å²) >= 11 is 1.64. The maximum absolute atomic E-state index is 11.3. The van der Waals surface area contributed by atoms with Gasteiger partial charge in [-0.15, -0.1) is 11.3 Å². The van der Waals surface area contributed by atoms with Gasteiger partial charge in [-0.05, 0) is 62.4 Å². The van der Waals surface area contributed by atoms with Gasteiger partial charge in [0, 0.05) is 36.4 Å². The number of ether oxygens (including phenoxy) is 1. The fourth-order valence-corrected chi connectivity index (χ4v) is 5.82. The lowest BCUT2D eigenvalue weighted by atomic mass is 10.0. The molecular formula is C30H38N6O2S. The molecule has 1 aliphatic carbocycles. The molecule has 1 saturated carbocycles. The Kier molecular flexibility index (Phi) is 8.69. The first kappa shape index (κ1) is 27.4. The Labute approximate surface area is 233 Å². The van der Waals surface area contributed by atoms with E-state index >= 15 is 0 Å². The predicted octanol–water partition coefficient (Wildman–Crippen LogP) is 6.59. The first-order valence-electron chi connectivity index (χ1n) is 14.0. The van der Waals surface area contributed by atoms with Crippen LogP contribution in [0.25, 0.3) is 26.8 Å². The molecule has 2 N–H and O–H groups in total. The number of rotatable bonds is 9. The quantitative estimate of drug-likeness (QED) is 0.244. The minimum atomic E-state index is 0.0390. The second-order valence-corrected chi connectivity index (χ2v) is 11.3. The van der Waals surface area contributed by atoms with Gasteiger partial charge in [0.25, 0.3) is 0 Å². The molecule has 1 aliphatic heterocycles. The Bertz CT molecular complexity index is 1450. The Morgan fingerprint density at radius 2 is 2.00 bits per heavy atom. The number of hydrogen-bond acceptors (Lipinski definition) is 8. The average molecular weight is 547 g/mol. The van der Waals surface area contributed by atoms with Gasteiger partial charge in [0.2, 0.25) is 0 Å². The van der Waals surface area contributed by atoms with Gasteiger partial charge in [-0.25, -0.2) is 15.0 Å². The molecule has 0 atom stereocenters. The summed E-state index contributed by atoms with van der Waals surface area (Å²) in [4.78, 5) is 30.3. The van der Waals surface area contributed by atoms with Gasteiger partial charge in [-0.3, -0.25) is 9.69 Å². The van der Waals surface area contributed by atoms with Gasteiger partial charge >= 0.3 is 0 Å². The van der Waals surface area contributed by atoms with Crippen LogP contribution in [0.3, 0.4) is 0 Å². The van der Waals surface area contributed by atoms with E-state index in [1.54, 1.807) is 24.6 Å². The predicted molar refractivity (Wildman–Crippen MR) is 160 cm³/mol. The van der Waals surface area contributed by atoms with E-state index in [2.05, 4.69) is 62.2 Å². The summed E-state index contributed by atoms with van der Waals surface area (Å²) in [5.41, 5.74) is 7.25.